The standard InChI is InChI=1S/C11H11NO/c1-2-5-9-8-6-3-4-7-10(8)12-11(9)13/h3-4,6-7H,2,5H2,1H3. The minimum absolute atomic E-state index is 0.0527. The second kappa shape index (κ2) is 3.13. The Morgan fingerprint density at radius 2 is 2.08 bits per heavy atom. The molecule has 66 valence electrons. The van der Waals surface area contributed by atoms with Crippen LogP contribution in [0.2, 0.25) is 0 Å². The molecule has 0 radical (unpaired) electrons. The van der Waals surface area contributed by atoms with E-state index in [0.29, 0.717) is 0 Å². The number of benzene rings is 1. The zero-order valence-electron chi connectivity index (χ0n) is 7.58. The normalized spacial score (nSPS) is 14.2. The van der Waals surface area contributed by atoms with Gasteiger partial charge in [-0.1, -0.05) is 31.5 Å². The van der Waals surface area contributed by atoms with Crippen LogP contribution in [0.4, 0.5) is 0 Å². The summed E-state index contributed by atoms with van der Waals surface area (Å²) in [6.45, 7) is 2.07. The van der Waals surface area contributed by atoms with Gasteiger partial charge < -0.3 is 0 Å². The Bertz CT molecular complexity index is 459. The van der Waals surface area contributed by atoms with Crippen molar-refractivity contribution in [2.75, 3.05) is 0 Å². The molecule has 0 saturated carbocycles. The van der Waals surface area contributed by atoms with Gasteiger partial charge in [-0.05, 0) is 12.5 Å². The second-order valence-corrected chi connectivity index (χ2v) is 3.16. The first-order valence-electron chi connectivity index (χ1n) is 4.54. The molecule has 0 fully saturated rings. The van der Waals surface area contributed by atoms with Gasteiger partial charge in [0.05, 0.1) is 5.36 Å². The number of amides is 1. The van der Waals surface area contributed by atoms with E-state index in [1.54, 1.807) is 0 Å². The molecule has 1 amide bonds. The number of hydrogen-bond acceptors (Lipinski definition) is 1. The van der Waals surface area contributed by atoms with Crippen LogP contribution >= 0.6 is 0 Å². The quantitative estimate of drug-likeness (QED) is 0.650. The molecule has 1 aromatic rings. The van der Waals surface area contributed by atoms with E-state index in [1.807, 2.05) is 24.3 Å². The maximum atomic E-state index is 11.4. The van der Waals surface area contributed by atoms with Gasteiger partial charge in [0.15, 0.2) is 0 Å². The Kier molecular flexibility index (Phi) is 1.97. The lowest BCUT2D eigenvalue weighted by Gasteiger charge is -1.93. The summed E-state index contributed by atoms with van der Waals surface area (Å²) in [7, 11) is 0. The average molecular weight is 173 g/mol. The highest BCUT2D eigenvalue weighted by Gasteiger charge is 2.13. The zero-order valence-corrected chi connectivity index (χ0v) is 7.58. The molecule has 0 aliphatic carbocycles. The van der Waals surface area contributed by atoms with Gasteiger partial charge in [0.25, 0.3) is 5.91 Å². The first-order valence-corrected chi connectivity index (χ1v) is 4.54. The number of nitrogens with zero attached hydrogens (tertiary/aromatic N) is 1. The zero-order chi connectivity index (χ0) is 9.26. The fourth-order valence-electron chi connectivity index (χ4n) is 1.61. The van der Waals surface area contributed by atoms with E-state index in [0.717, 1.165) is 29.0 Å². The minimum atomic E-state index is -0.0527. The number of rotatable bonds is 2. The van der Waals surface area contributed by atoms with Gasteiger partial charge in [-0.3, -0.25) is 4.79 Å². The molecule has 0 N–H and O–H groups in total. The summed E-state index contributed by atoms with van der Waals surface area (Å²) in [5, 5.41) is 1.85. The van der Waals surface area contributed by atoms with Crippen molar-refractivity contribution in [3.8, 4) is 0 Å². The molecule has 0 bridgehead atoms. The Morgan fingerprint density at radius 3 is 2.85 bits per heavy atom. The molecule has 2 nitrogen and oxygen atoms in total. The fourth-order valence-corrected chi connectivity index (χ4v) is 1.61. The molecule has 1 heterocycles. The van der Waals surface area contributed by atoms with Crippen molar-refractivity contribution in [3.63, 3.8) is 0 Å². The highest BCUT2D eigenvalue weighted by molar-refractivity contribution is 6.15. The minimum Gasteiger partial charge on any atom is -0.267 e. The van der Waals surface area contributed by atoms with Crippen LogP contribution in [0.25, 0.3) is 5.57 Å². The summed E-state index contributed by atoms with van der Waals surface area (Å²) < 4.78 is 0. The fraction of sp³-hybridized carbons (Fsp3) is 0.273. The summed E-state index contributed by atoms with van der Waals surface area (Å²) in [5.74, 6) is -0.0527. The molecule has 1 aliphatic heterocycles. The number of carbonyl (C=O) groups is 1. The Morgan fingerprint density at radius 1 is 1.31 bits per heavy atom. The van der Waals surface area contributed by atoms with Crippen LogP contribution in [0, 0.1) is 0 Å². The van der Waals surface area contributed by atoms with Gasteiger partial charge in [-0.2, -0.15) is 0 Å². The van der Waals surface area contributed by atoms with Gasteiger partial charge >= 0.3 is 0 Å². The Hall–Kier alpha value is -1.44. The van der Waals surface area contributed by atoms with E-state index in [2.05, 4.69) is 11.9 Å². The summed E-state index contributed by atoms with van der Waals surface area (Å²) in [4.78, 5) is 15.4. The highest BCUT2D eigenvalue weighted by atomic mass is 16.1. The third kappa shape index (κ3) is 1.28. The van der Waals surface area contributed by atoms with E-state index in [-0.39, 0.29) is 5.91 Å². The number of hydrogen-bond donors (Lipinski definition) is 0. The van der Waals surface area contributed by atoms with Crippen LogP contribution in [0.3, 0.4) is 0 Å². The van der Waals surface area contributed by atoms with Crippen molar-refractivity contribution in [1.82, 2.24) is 0 Å². The molecule has 1 aromatic carbocycles. The molecular formula is C11H11NO. The van der Waals surface area contributed by atoms with Crippen molar-refractivity contribution in [2.24, 2.45) is 4.99 Å². The van der Waals surface area contributed by atoms with Crippen molar-refractivity contribution in [3.05, 3.63) is 34.8 Å². The first-order chi connectivity index (χ1) is 6.33. The monoisotopic (exact) mass is 173 g/mol. The topological polar surface area (TPSA) is 29.4 Å². The summed E-state index contributed by atoms with van der Waals surface area (Å²) in [6.07, 6.45) is 1.82. The molecule has 0 unspecified atom stereocenters. The molecular weight excluding hydrogens is 162 g/mol. The number of para-hydroxylation sites is 1. The molecule has 0 spiro atoms. The summed E-state index contributed by atoms with van der Waals surface area (Å²) in [5.41, 5.74) is 0.873. The molecule has 2 rings (SSSR count). The average Bonchev–Trinajstić information content (AvgIpc) is 2.44. The van der Waals surface area contributed by atoms with Crippen molar-refractivity contribution >= 4 is 11.5 Å². The summed E-state index contributed by atoms with van der Waals surface area (Å²) >= 11 is 0. The maximum absolute atomic E-state index is 11.4. The van der Waals surface area contributed by atoms with Gasteiger partial charge in [0.1, 0.15) is 0 Å². The van der Waals surface area contributed by atoms with Crippen LogP contribution < -0.4 is 10.6 Å². The lowest BCUT2D eigenvalue weighted by molar-refractivity contribution is -0.112. The van der Waals surface area contributed by atoms with Crippen molar-refractivity contribution in [1.29, 1.82) is 0 Å². The van der Waals surface area contributed by atoms with E-state index in [1.165, 1.54) is 0 Å². The molecule has 1 aliphatic rings. The van der Waals surface area contributed by atoms with Crippen LogP contribution in [-0.2, 0) is 4.79 Å². The van der Waals surface area contributed by atoms with Gasteiger partial charge in [0.2, 0.25) is 0 Å². The van der Waals surface area contributed by atoms with Gasteiger partial charge in [-0.25, -0.2) is 4.99 Å². The molecule has 13 heavy (non-hydrogen) atoms. The van der Waals surface area contributed by atoms with E-state index in [9.17, 15) is 4.79 Å². The van der Waals surface area contributed by atoms with Crippen LogP contribution in [0.15, 0.2) is 29.3 Å². The van der Waals surface area contributed by atoms with Crippen molar-refractivity contribution < 1.29 is 4.79 Å². The van der Waals surface area contributed by atoms with Crippen LogP contribution in [0.1, 0.15) is 19.8 Å². The van der Waals surface area contributed by atoms with E-state index < -0.39 is 0 Å². The van der Waals surface area contributed by atoms with Crippen molar-refractivity contribution in [2.45, 2.75) is 19.8 Å². The van der Waals surface area contributed by atoms with Gasteiger partial charge in [0, 0.05) is 10.8 Å². The maximum Gasteiger partial charge on any atom is 0.274 e. The molecule has 0 saturated heterocycles. The van der Waals surface area contributed by atoms with Gasteiger partial charge in [-0.15, -0.1) is 0 Å². The van der Waals surface area contributed by atoms with Crippen LogP contribution in [0.5, 0.6) is 0 Å². The predicted octanol–water partition coefficient (Wildman–Crippen LogP) is 0.797. The molecule has 2 heteroatoms. The molecule has 0 aromatic heterocycles. The molecule has 0 atom stereocenters. The number of carbonyl (C=O) groups excluding carboxylic acids is 1. The smallest absolute Gasteiger partial charge is 0.267 e. The van der Waals surface area contributed by atoms with E-state index in [4.69, 9.17) is 0 Å². The van der Waals surface area contributed by atoms with Crippen LogP contribution in [-0.4, -0.2) is 5.91 Å². The SMILES string of the molecule is CCCC1=c2ccccc2=NC1=O. The predicted molar refractivity (Wildman–Crippen MR) is 50.5 cm³/mol. The lowest BCUT2D eigenvalue weighted by atomic mass is 10.1. The van der Waals surface area contributed by atoms with E-state index >= 15 is 0 Å². The Balaban J connectivity index is 2.69. The number of fused-ring (bicyclic) bond motifs is 1. The highest BCUT2D eigenvalue weighted by Crippen LogP contribution is 2.07. The second-order valence-electron chi connectivity index (χ2n) is 3.16. The largest absolute Gasteiger partial charge is 0.274 e. The lowest BCUT2D eigenvalue weighted by Crippen LogP contribution is -2.22. The third-order valence-electron chi connectivity index (χ3n) is 2.21. The Labute approximate surface area is 76.6 Å². The third-order valence-corrected chi connectivity index (χ3v) is 2.21. The summed E-state index contributed by atoms with van der Waals surface area (Å²) in [6, 6.07) is 7.71. The first kappa shape index (κ1) is 8.17.